The van der Waals surface area contributed by atoms with Crippen LogP contribution in [-0.4, -0.2) is 24.1 Å². The van der Waals surface area contributed by atoms with Gasteiger partial charge in [0, 0.05) is 5.56 Å². The number of unbranched alkanes of at least 4 members (excludes halogenated alkanes) is 7. The predicted molar refractivity (Wildman–Crippen MR) is 94.5 cm³/mol. The van der Waals surface area contributed by atoms with E-state index in [4.69, 9.17) is 11.6 Å². The first-order chi connectivity index (χ1) is 10.2. The average Bonchev–Trinajstić information content (AvgIpc) is 2.51. The fourth-order valence-electron chi connectivity index (χ4n) is 2.83. The van der Waals surface area contributed by atoms with Crippen LogP contribution in [-0.2, 0) is 6.54 Å². The van der Waals surface area contributed by atoms with Crippen LogP contribution in [0.5, 0.6) is 0 Å². The number of quaternary nitrogens is 1. The van der Waals surface area contributed by atoms with Crippen LogP contribution in [0.3, 0.4) is 0 Å². The van der Waals surface area contributed by atoms with E-state index < -0.39 is 0 Å². The molecule has 0 amide bonds. The normalized spacial score (nSPS) is 13.4. The highest BCUT2D eigenvalue weighted by Crippen LogP contribution is 2.16. The van der Waals surface area contributed by atoms with Crippen molar-refractivity contribution >= 4 is 11.6 Å². The summed E-state index contributed by atoms with van der Waals surface area (Å²) in [7, 11) is 2.28. The van der Waals surface area contributed by atoms with E-state index in [0.717, 1.165) is 11.0 Å². The van der Waals surface area contributed by atoms with Crippen molar-refractivity contribution in [2.75, 3.05) is 19.6 Å². The number of rotatable bonds is 12. The fourth-order valence-corrected chi connectivity index (χ4v) is 3.04. The molecule has 0 aliphatic rings. The van der Waals surface area contributed by atoms with Crippen molar-refractivity contribution in [3.8, 4) is 0 Å². The zero-order chi connectivity index (χ0) is 15.4. The monoisotopic (exact) mass is 345 g/mol. The molecular formula is C19H33Cl2N. The third-order valence-corrected chi connectivity index (χ3v) is 4.82. The minimum atomic E-state index is 0. The predicted octanol–water partition coefficient (Wildman–Crippen LogP) is 2.97. The van der Waals surface area contributed by atoms with Gasteiger partial charge in [-0.1, -0.05) is 87.4 Å². The van der Waals surface area contributed by atoms with E-state index in [2.05, 4.69) is 44.3 Å². The van der Waals surface area contributed by atoms with Gasteiger partial charge in [0.2, 0.25) is 0 Å². The molecule has 0 heterocycles. The number of nitrogens with zero attached hydrogens (tertiary/aromatic N) is 1. The SMILES string of the molecule is CCCCCCCCCC[N+](C)(CCl)Cc1ccccc1.[Cl-]. The van der Waals surface area contributed by atoms with Crippen molar-refractivity contribution in [1.29, 1.82) is 0 Å². The summed E-state index contributed by atoms with van der Waals surface area (Å²) in [4.78, 5) is 0. The van der Waals surface area contributed by atoms with Gasteiger partial charge >= 0.3 is 0 Å². The molecule has 0 N–H and O–H groups in total. The first-order valence-electron chi connectivity index (χ1n) is 8.63. The minimum absolute atomic E-state index is 0. The molecule has 0 saturated heterocycles. The second-order valence-corrected chi connectivity index (χ2v) is 6.82. The van der Waals surface area contributed by atoms with Crippen molar-refractivity contribution in [2.24, 2.45) is 0 Å². The third-order valence-electron chi connectivity index (χ3n) is 4.25. The van der Waals surface area contributed by atoms with Gasteiger partial charge in [0.25, 0.3) is 0 Å². The Kier molecular flexibility index (Phi) is 13.1. The molecule has 0 saturated carbocycles. The van der Waals surface area contributed by atoms with Crippen molar-refractivity contribution in [3.05, 3.63) is 35.9 Å². The summed E-state index contributed by atoms with van der Waals surface area (Å²) in [5, 5.41) is 0. The summed E-state index contributed by atoms with van der Waals surface area (Å²) in [5.41, 5.74) is 1.39. The second-order valence-electron chi connectivity index (χ2n) is 6.58. The van der Waals surface area contributed by atoms with E-state index >= 15 is 0 Å². The lowest BCUT2D eigenvalue weighted by molar-refractivity contribution is -0.912. The Morgan fingerprint density at radius 1 is 0.864 bits per heavy atom. The summed E-state index contributed by atoms with van der Waals surface area (Å²) in [6.07, 6.45) is 11.0. The molecule has 128 valence electrons. The zero-order valence-corrected chi connectivity index (χ0v) is 15.9. The van der Waals surface area contributed by atoms with Gasteiger partial charge in [-0.25, -0.2) is 0 Å². The van der Waals surface area contributed by atoms with Gasteiger partial charge in [-0.2, -0.15) is 0 Å². The number of alkyl halides is 1. The highest BCUT2D eigenvalue weighted by atomic mass is 35.5. The molecule has 0 radical (unpaired) electrons. The molecular weight excluding hydrogens is 313 g/mol. The molecule has 0 aromatic heterocycles. The number of hydrogen-bond donors (Lipinski definition) is 0. The maximum Gasteiger partial charge on any atom is 0.154 e. The van der Waals surface area contributed by atoms with Gasteiger partial charge in [-0.05, 0) is 12.8 Å². The van der Waals surface area contributed by atoms with Crippen LogP contribution in [0.25, 0.3) is 0 Å². The molecule has 1 atom stereocenters. The molecule has 0 bridgehead atoms. The second kappa shape index (κ2) is 13.2. The Morgan fingerprint density at radius 2 is 1.41 bits per heavy atom. The lowest BCUT2D eigenvalue weighted by Crippen LogP contribution is -3.00. The Hall–Kier alpha value is -0.240. The molecule has 3 heteroatoms. The van der Waals surface area contributed by atoms with Gasteiger partial charge in [0.05, 0.1) is 13.6 Å². The Bertz CT molecular complexity index is 356. The van der Waals surface area contributed by atoms with E-state index in [1.165, 1.54) is 63.5 Å². The number of halogens is 2. The van der Waals surface area contributed by atoms with Crippen molar-refractivity contribution in [3.63, 3.8) is 0 Å². The summed E-state index contributed by atoms with van der Waals surface area (Å²) in [6.45, 7) is 4.51. The van der Waals surface area contributed by atoms with E-state index in [1.807, 2.05) is 0 Å². The van der Waals surface area contributed by atoms with E-state index in [9.17, 15) is 0 Å². The van der Waals surface area contributed by atoms with Gasteiger partial charge in [-0.3, -0.25) is 0 Å². The summed E-state index contributed by atoms with van der Waals surface area (Å²) >= 11 is 6.23. The van der Waals surface area contributed by atoms with Crippen molar-refractivity contribution in [1.82, 2.24) is 0 Å². The molecule has 0 fully saturated rings. The molecule has 0 aliphatic carbocycles. The van der Waals surface area contributed by atoms with Gasteiger partial charge in [0.15, 0.2) is 6.00 Å². The first kappa shape index (κ1) is 21.8. The van der Waals surface area contributed by atoms with Gasteiger partial charge < -0.3 is 16.9 Å². The van der Waals surface area contributed by atoms with E-state index in [-0.39, 0.29) is 12.4 Å². The molecule has 1 rings (SSSR count). The number of hydrogen-bond acceptors (Lipinski definition) is 0. The van der Waals surface area contributed by atoms with Crippen LogP contribution < -0.4 is 12.4 Å². The molecule has 1 aromatic rings. The lowest BCUT2D eigenvalue weighted by Gasteiger charge is -2.32. The maximum absolute atomic E-state index is 6.23. The van der Waals surface area contributed by atoms with Gasteiger partial charge in [-0.15, -0.1) is 0 Å². The third kappa shape index (κ3) is 9.71. The number of benzene rings is 1. The fraction of sp³-hybridized carbons (Fsp3) is 0.684. The smallest absolute Gasteiger partial charge is 0.154 e. The summed E-state index contributed by atoms with van der Waals surface area (Å²) in [6, 6.07) is 11.4. The topological polar surface area (TPSA) is 0 Å². The van der Waals surface area contributed by atoms with Crippen LogP contribution >= 0.6 is 11.6 Å². The standard InChI is InChI=1S/C19H33ClN.ClH/c1-3-4-5-6-7-8-9-13-16-21(2,18-20)17-19-14-11-10-12-15-19;/h10-12,14-15H,3-9,13,16-18H2,1-2H3;1H/q+1;/p-1. The minimum Gasteiger partial charge on any atom is -1.00 e. The van der Waals surface area contributed by atoms with Crippen LogP contribution in [0.15, 0.2) is 30.3 Å². The van der Waals surface area contributed by atoms with E-state index in [0.29, 0.717) is 6.00 Å². The molecule has 1 nitrogen and oxygen atoms in total. The van der Waals surface area contributed by atoms with Crippen molar-refractivity contribution in [2.45, 2.75) is 64.8 Å². The van der Waals surface area contributed by atoms with Gasteiger partial charge in [0.1, 0.15) is 6.54 Å². The molecule has 0 aliphatic heterocycles. The Morgan fingerprint density at radius 3 is 1.95 bits per heavy atom. The van der Waals surface area contributed by atoms with Crippen LogP contribution in [0, 0.1) is 0 Å². The highest BCUT2D eigenvalue weighted by molar-refractivity contribution is 6.16. The Labute approximate surface area is 149 Å². The summed E-state index contributed by atoms with van der Waals surface area (Å²) in [5.74, 6) is 0. The maximum atomic E-state index is 6.23. The Balaban J connectivity index is 0.00000441. The lowest BCUT2D eigenvalue weighted by atomic mass is 10.1. The molecule has 22 heavy (non-hydrogen) atoms. The molecule has 1 unspecified atom stereocenters. The van der Waals surface area contributed by atoms with Crippen molar-refractivity contribution < 1.29 is 16.9 Å². The van der Waals surface area contributed by atoms with Crippen LogP contribution in [0.1, 0.15) is 63.9 Å². The molecule has 1 aromatic carbocycles. The first-order valence-corrected chi connectivity index (χ1v) is 9.17. The average molecular weight is 346 g/mol. The zero-order valence-electron chi connectivity index (χ0n) is 14.4. The van der Waals surface area contributed by atoms with E-state index in [1.54, 1.807) is 0 Å². The molecule has 0 spiro atoms. The largest absolute Gasteiger partial charge is 1.00 e. The summed E-state index contributed by atoms with van der Waals surface area (Å²) < 4.78 is 0.946. The quantitative estimate of drug-likeness (QED) is 0.236. The highest BCUT2D eigenvalue weighted by Gasteiger charge is 2.20. The van der Waals surface area contributed by atoms with Crippen LogP contribution in [0.4, 0.5) is 0 Å². The van der Waals surface area contributed by atoms with Crippen LogP contribution in [0.2, 0.25) is 0 Å².